The first-order valence-electron chi connectivity index (χ1n) is 1.00. The first-order valence-corrected chi connectivity index (χ1v) is 2.20. The third-order valence-corrected chi connectivity index (χ3v) is 0.414. The van der Waals surface area contributed by atoms with Gasteiger partial charge in [0.15, 0.2) is 0 Å². The molecule has 5 heavy (non-hydrogen) atoms. The van der Waals surface area contributed by atoms with E-state index in [1.54, 1.807) is 0 Å². The molecule has 0 unspecified atom stereocenters. The van der Waals surface area contributed by atoms with E-state index in [4.69, 9.17) is 0 Å². The van der Waals surface area contributed by atoms with Gasteiger partial charge in [-0.3, -0.25) is 0 Å². The molecule has 0 saturated carbocycles. The summed E-state index contributed by atoms with van der Waals surface area (Å²) < 4.78 is 21.4. The van der Waals surface area contributed by atoms with E-state index in [9.17, 15) is 8.39 Å². The van der Waals surface area contributed by atoms with Crippen LogP contribution in [0.25, 0.3) is 0 Å². The molecule has 0 aliphatic rings. The van der Waals surface area contributed by atoms with Gasteiger partial charge in [0.2, 0.25) is 0 Å². The van der Waals surface area contributed by atoms with Gasteiger partial charge in [-0.15, -0.1) is 0 Å². The molecule has 30 valence electrons. The molecular weight excluding hydrogens is 93.0 g/mol. The minimum Gasteiger partial charge on any atom is -0.184 e. The molecule has 0 bridgehead atoms. The summed E-state index contributed by atoms with van der Waals surface area (Å²) >= 11 is 0. The van der Waals surface area contributed by atoms with Crippen LogP contribution in [0.15, 0.2) is 12.4 Å². The minimum absolute atomic E-state index is 0.648. The van der Waals surface area contributed by atoms with Gasteiger partial charge < -0.3 is 0 Å². The first-order chi connectivity index (χ1) is 2.27. The van der Waals surface area contributed by atoms with Gasteiger partial charge in [-0.05, 0) is 5.82 Å². The van der Waals surface area contributed by atoms with Crippen molar-refractivity contribution >= 4 is 8.54 Å². The van der Waals surface area contributed by atoms with Crippen molar-refractivity contribution in [1.29, 1.82) is 0 Å². The SMILES string of the molecule is C=CP(F)F. The molecule has 0 aliphatic carbocycles. The van der Waals surface area contributed by atoms with E-state index in [0.717, 1.165) is 0 Å². The van der Waals surface area contributed by atoms with Crippen LogP contribution in [0.5, 0.6) is 0 Å². The lowest BCUT2D eigenvalue weighted by molar-refractivity contribution is 0.762. The smallest absolute Gasteiger partial charge is 0.184 e. The second kappa shape index (κ2) is 2.28. The van der Waals surface area contributed by atoms with Crippen LogP contribution in [-0.4, -0.2) is 0 Å². The van der Waals surface area contributed by atoms with Crippen molar-refractivity contribution in [3.05, 3.63) is 12.4 Å². The average molecular weight is 96.0 g/mol. The molecule has 0 aliphatic heterocycles. The zero-order chi connectivity index (χ0) is 4.28. The van der Waals surface area contributed by atoms with E-state index in [1.165, 1.54) is 0 Å². The van der Waals surface area contributed by atoms with Crippen LogP contribution in [-0.2, 0) is 0 Å². The Hall–Kier alpha value is 0.0300. The summed E-state index contributed by atoms with van der Waals surface area (Å²) in [5.74, 6) is 0.648. The molecule has 0 heterocycles. The maximum atomic E-state index is 10.7. The largest absolute Gasteiger partial charge is 0.290 e. The molecule has 0 aromatic carbocycles. The van der Waals surface area contributed by atoms with E-state index < -0.39 is 8.54 Å². The van der Waals surface area contributed by atoms with Crippen molar-refractivity contribution in [3.8, 4) is 0 Å². The van der Waals surface area contributed by atoms with Gasteiger partial charge in [-0.25, -0.2) is 0 Å². The second-order valence-electron chi connectivity index (χ2n) is 0.442. The molecular formula is C2H3F2P. The normalized spacial score (nSPS) is 8.60. The van der Waals surface area contributed by atoms with E-state index in [2.05, 4.69) is 6.58 Å². The zero-order valence-electron chi connectivity index (χ0n) is 2.49. The maximum Gasteiger partial charge on any atom is 0.290 e. The highest BCUT2D eigenvalue weighted by Crippen LogP contribution is 2.38. The van der Waals surface area contributed by atoms with Crippen molar-refractivity contribution in [2.75, 3.05) is 0 Å². The van der Waals surface area contributed by atoms with E-state index in [1.807, 2.05) is 0 Å². The van der Waals surface area contributed by atoms with Crippen molar-refractivity contribution < 1.29 is 8.39 Å². The predicted octanol–water partition coefficient (Wildman–Crippen LogP) is 2.38. The topological polar surface area (TPSA) is 0 Å². The zero-order valence-corrected chi connectivity index (χ0v) is 3.38. The van der Waals surface area contributed by atoms with Gasteiger partial charge in [0.1, 0.15) is 0 Å². The van der Waals surface area contributed by atoms with Gasteiger partial charge in [-0.1, -0.05) is 6.58 Å². The van der Waals surface area contributed by atoms with Crippen molar-refractivity contribution in [3.63, 3.8) is 0 Å². The van der Waals surface area contributed by atoms with Crippen LogP contribution in [0.3, 0.4) is 0 Å². The van der Waals surface area contributed by atoms with Crippen LogP contribution in [0.4, 0.5) is 8.39 Å². The summed E-state index contributed by atoms with van der Waals surface area (Å²) in [5, 5.41) is 0. The monoisotopic (exact) mass is 96.0 g/mol. The third kappa shape index (κ3) is 4.03. The van der Waals surface area contributed by atoms with E-state index in [0.29, 0.717) is 5.82 Å². The summed E-state index contributed by atoms with van der Waals surface area (Å²) in [6.45, 7) is 2.84. The van der Waals surface area contributed by atoms with Gasteiger partial charge in [0.25, 0.3) is 8.54 Å². The van der Waals surface area contributed by atoms with Crippen LogP contribution < -0.4 is 0 Å². The highest BCUT2D eigenvalue weighted by molar-refractivity contribution is 7.49. The lowest BCUT2D eigenvalue weighted by Crippen LogP contribution is -1.26. The molecule has 0 fully saturated rings. The second-order valence-corrected chi connectivity index (χ2v) is 1.32. The Morgan fingerprint density at radius 1 is 1.60 bits per heavy atom. The molecule has 0 nitrogen and oxygen atoms in total. The Bertz CT molecular complexity index is 34.6. The highest BCUT2D eigenvalue weighted by atomic mass is 31.2. The Morgan fingerprint density at radius 3 is 1.80 bits per heavy atom. The lowest BCUT2D eigenvalue weighted by atomic mass is 11.3. The summed E-state index contributed by atoms with van der Waals surface area (Å²) in [4.78, 5) is 0. The average Bonchev–Trinajstić information content (AvgIpc) is 1.38. The fraction of sp³-hybridized carbons (Fsp3) is 0. The number of hydrogen-bond acceptors (Lipinski definition) is 0. The third-order valence-electron chi connectivity index (χ3n) is 0.138. The van der Waals surface area contributed by atoms with Crippen LogP contribution in [0.2, 0.25) is 0 Å². The molecule has 0 saturated heterocycles. The van der Waals surface area contributed by atoms with Crippen molar-refractivity contribution in [2.24, 2.45) is 0 Å². The standard InChI is InChI=1S/C2H3F2P/c1-2-5(3)4/h2H,1H2. The summed E-state index contributed by atoms with van der Waals surface area (Å²) in [5.41, 5.74) is 0. The molecule has 0 N–H and O–H groups in total. The van der Waals surface area contributed by atoms with Crippen LogP contribution >= 0.6 is 8.54 Å². The number of halogens is 2. The molecule has 0 amide bonds. The Labute approximate surface area is 30.5 Å². The van der Waals surface area contributed by atoms with Crippen LogP contribution in [0.1, 0.15) is 0 Å². The molecule has 0 aromatic heterocycles. The summed E-state index contributed by atoms with van der Waals surface area (Å²) in [7, 11) is -2.83. The Kier molecular flexibility index (Phi) is 2.29. The molecule has 0 spiro atoms. The number of rotatable bonds is 1. The Morgan fingerprint density at radius 2 is 1.80 bits per heavy atom. The fourth-order valence-electron chi connectivity index (χ4n) is 0. The van der Waals surface area contributed by atoms with Crippen molar-refractivity contribution in [2.45, 2.75) is 0 Å². The quantitative estimate of drug-likeness (QED) is 0.439. The van der Waals surface area contributed by atoms with Crippen molar-refractivity contribution in [1.82, 2.24) is 0 Å². The highest BCUT2D eigenvalue weighted by Gasteiger charge is 1.88. The van der Waals surface area contributed by atoms with Crippen LogP contribution in [0, 0.1) is 0 Å². The van der Waals surface area contributed by atoms with Gasteiger partial charge in [0.05, 0.1) is 0 Å². The molecule has 3 heteroatoms. The Balaban J connectivity index is 2.83. The summed E-state index contributed by atoms with van der Waals surface area (Å²) in [6, 6.07) is 0. The molecule has 0 radical (unpaired) electrons. The minimum atomic E-state index is -2.83. The first kappa shape index (κ1) is 5.03. The van der Waals surface area contributed by atoms with E-state index in [-0.39, 0.29) is 0 Å². The predicted molar refractivity (Wildman–Crippen MR) is 19.3 cm³/mol. The fourth-order valence-corrected chi connectivity index (χ4v) is 0. The number of hydrogen-bond donors (Lipinski definition) is 0. The molecule has 0 rings (SSSR count). The lowest BCUT2D eigenvalue weighted by Gasteiger charge is -1.72. The molecule has 0 atom stereocenters. The maximum absolute atomic E-state index is 10.7. The molecule has 0 aromatic rings. The summed E-state index contributed by atoms with van der Waals surface area (Å²) in [6.07, 6.45) is 0. The van der Waals surface area contributed by atoms with Gasteiger partial charge >= 0.3 is 0 Å². The van der Waals surface area contributed by atoms with Gasteiger partial charge in [0, 0.05) is 0 Å². The van der Waals surface area contributed by atoms with Gasteiger partial charge in [-0.2, -0.15) is 8.39 Å². The van der Waals surface area contributed by atoms with E-state index >= 15 is 0 Å².